The number of benzene rings is 1. The minimum atomic E-state index is -5.87. The van der Waals surface area contributed by atoms with Gasteiger partial charge in [0.05, 0.1) is 6.04 Å². The maximum atomic E-state index is 13.1. The van der Waals surface area contributed by atoms with E-state index in [0.29, 0.717) is 0 Å². The summed E-state index contributed by atoms with van der Waals surface area (Å²) in [6, 6.07) is 6.53. The highest BCUT2D eigenvalue weighted by Gasteiger charge is 2.61. The van der Waals surface area contributed by atoms with Gasteiger partial charge in [0, 0.05) is 18.7 Å². The predicted octanol–water partition coefficient (Wildman–Crippen LogP) is 4.06. The zero-order chi connectivity index (χ0) is 21.8. The van der Waals surface area contributed by atoms with Gasteiger partial charge in [-0.05, 0) is 36.8 Å². The summed E-state index contributed by atoms with van der Waals surface area (Å²) in [5.41, 5.74) is 0.400. The topological polar surface area (TPSA) is 80.3 Å². The number of pyridine rings is 1. The van der Waals surface area contributed by atoms with E-state index < -0.39 is 30.0 Å². The standard InChI is InChI=1S/C18H16F5N3O3/c1-10(25-16(28)13-6-7-24-15(9-13)26-11(2)27)12-4-3-5-14(8-12)29-18(22,23)17(19,20)21/h3-10H,1-2H3,(H,25,28)(H,24,26,27)/t10-/m1/s1. The average molecular weight is 417 g/mol. The van der Waals surface area contributed by atoms with Crippen LogP contribution in [0.5, 0.6) is 5.75 Å². The fourth-order valence-electron chi connectivity index (χ4n) is 2.24. The second-order valence-corrected chi connectivity index (χ2v) is 6.00. The molecule has 11 heteroatoms. The lowest BCUT2D eigenvalue weighted by atomic mass is 10.1. The van der Waals surface area contributed by atoms with Crippen LogP contribution in [0, 0.1) is 0 Å². The van der Waals surface area contributed by atoms with Crippen LogP contribution in [-0.2, 0) is 4.79 Å². The normalized spacial score (nSPS) is 12.8. The number of carbonyl (C=O) groups excluding carboxylic acids is 2. The number of amides is 2. The zero-order valence-electron chi connectivity index (χ0n) is 15.2. The van der Waals surface area contributed by atoms with E-state index in [0.717, 1.165) is 12.1 Å². The lowest BCUT2D eigenvalue weighted by Crippen LogP contribution is -2.41. The molecule has 1 aromatic carbocycles. The number of hydrogen-bond donors (Lipinski definition) is 2. The lowest BCUT2D eigenvalue weighted by Gasteiger charge is -2.21. The van der Waals surface area contributed by atoms with Crippen molar-refractivity contribution in [2.24, 2.45) is 0 Å². The van der Waals surface area contributed by atoms with Gasteiger partial charge in [-0.3, -0.25) is 9.59 Å². The first-order chi connectivity index (χ1) is 13.4. The van der Waals surface area contributed by atoms with Crippen LogP contribution in [0.25, 0.3) is 0 Å². The van der Waals surface area contributed by atoms with Crippen LogP contribution in [0.3, 0.4) is 0 Å². The molecule has 1 atom stereocenters. The van der Waals surface area contributed by atoms with Crippen LogP contribution in [-0.4, -0.2) is 29.1 Å². The number of rotatable bonds is 6. The molecule has 0 saturated carbocycles. The molecule has 0 saturated heterocycles. The summed E-state index contributed by atoms with van der Waals surface area (Å²) in [5.74, 6) is -1.50. The second-order valence-electron chi connectivity index (χ2n) is 6.00. The Balaban J connectivity index is 2.12. The summed E-state index contributed by atoms with van der Waals surface area (Å²) in [4.78, 5) is 27.3. The van der Waals surface area contributed by atoms with E-state index in [9.17, 15) is 31.5 Å². The van der Waals surface area contributed by atoms with Gasteiger partial charge in [-0.2, -0.15) is 22.0 Å². The molecule has 0 radical (unpaired) electrons. The maximum Gasteiger partial charge on any atom is 0.499 e. The average Bonchev–Trinajstić information content (AvgIpc) is 2.60. The molecular formula is C18H16F5N3O3. The molecule has 0 aliphatic rings. The summed E-state index contributed by atoms with van der Waals surface area (Å²) < 4.78 is 66.8. The first-order valence-corrected chi connectivity index (χ1v) is 8.17. The number of halogens is 5. The molecule has 2 N–H and O–H groups in total. The molecule has 0 spiro atoms. The van der Waals surface area contributed by atoms with Crippen molar-refractivity contribution in [1.82, 2.24) is 10.3 Å². The van der Waals surface area contributed by atoms with Gasteiger partial charge < -0.3 is 15.4 Å². The highest BCUT2D eigenvalue weighted by Crippen LogP contribution is 2.37. The minimum absolute atomic E-state index is 0.155. The third kappa shape index (κ3) is 5.87. The quantitative estimate of drug-likeness (QED) is 0.695. The summed E-state index contributed by atoms with van der Waals surface area (Å²) >= 11 is 0. The number of anilines is 1. The summed E-state index contributed by atoms with van der Waals surface area (Å²) in [5, 5.41) is 4.99. The maximum absolute atomic E-state index is 13.1. The molecule has 1 aromatic heterocycles. The molecule has 0 bridgehead atoms. The molecule has 29 heavy (non-hydrogen) atoms. The van der Waals surface area contributed by atoms with Gasteiger partial charge in [-0.15, -0.1) is 0 Å². The Hall–Kier alpha value is -3.24. The first-order valence-electron chi connectivity index (χ1n) is 8.17. The van der Waals surface area contributed by atoms with E-state index in [2.05, 4.69) is 20.4 Å². The molecule has 2 rings (SSSR count). The third-order valence-corrected chi connectivity index (χ3v) is 3.61. The minimum Gasteiger partial charge on any atom is -0.426 e. The summed E-state index contributed by atoms with van der Waals surface area (Å²) in [6.45, 7) is 2.78. The van der Waals surface area contributed by atoms with Crippen LogP contribution in [0.4, 0.5) is 27.8 Å². The first kappa shape index (κ1) is 22.1. The smallest absolute Gasteiger partial charge is 0.426 e. The fourth-order valence-corrected chi connectivity index (χ4v) is 2.24. The molecule has 156 valence electrons. The van der Waals surface area contributed by atoms with Crippen molar-refractivity contribution < 1.29 is 36.3 Å². The SMILES string of the molecule is CC(=O)Nc1cc(C(=O)N[C@H](C)c2cccc(OC(F)(F)C(F)(F)F)c2)ccn1. The van der Waals surface area contributed by atoms with Gasteiger partial charge >= 0.3 is 12.3 Å². The van der Waals surface area contributed by atoms with Crippen molar-refractivity contribution in [3.8, 4) is 5.75 Å². The number of nitrogens with one attached hydrogen (secondary N) is 2. The number of ether oxygens (including phenoxy) is 1. The van der Waals surface area contributed by atoms with Crippen LogP contribution in [0.2, 0.25) is 0 Å². The fraction of sp³-hybridized carbons (Fsp3) is 0.278. The molecule has 0 fully saturated rings. The number of aromatic nitrogens is 1. The van der Waals surface area contributed by atoms with Crippen LogP contribution in [0.15, 0.2) is 42.6 Å². The molecule has 0 aliphatic carbocycles. The van der Waals surface area contributed by atoms with E-state index >= 15 is 0 Å². The summed E-state index contributed by atoms with van der Waals surface area (Å²) in [6.07, 6.45) is -9.91. The largest absolute Gasteiger partial charge is 0.499 e. The van der Waals surface area contributed by atoms with Gasteiger partial charge in [-0.25, -0.2) is 4.98 Å². The van der Waals surface area contributed by atoms with Crippen LogP contribution < -0.4 is 15.4 Å². The number of hydrogen-bond acceptors (Lipinski definition) is 4. The third-order valence-electron chi connectivity index (χ3n) is 3.61. The van der Waals surface area contributed by atoms with Crippen molar-refractivity contribution in [3.05, 3.63) is 53.7 Å². The zero-order valence-corrected chi connectivity index (χ0v) is 15.2. The van der Waals surface area contributed by atoms with Crippen molar-refractivity contribution in [2.45, 2.75) is 32.2 Å². The van der Waals surface area contributed by atoms with Gasteiger partial charge in [0.25, 0.3) is 5.91 Å². The Morgan fingerprint density at radius 3 is 2.41 bits per heavy atom. The Morgan fingerprint density at radius 2 is 1.79 bits per heavy atom. The molecule has 2 amide bonds. The number of alkyl halides is 5. The Bertz CT molecular complexity index is 902. The lowest BCUT2D eigenvalue weighted by molar-refractivity contribution is -0.360. The van der Waals surface area contributed by atoms with Gasteiger partial charge in [0.2, 0.25) is 5.91 Å². The Morgan fingerprint density at radius 1 is 1.10 bits per heavy atom. The van der Waals surface area contributed by atoms with Crippen molar-refractivity contribution in [1.29, 1.82) is 0 Å². The monoisotopic (exact) mass is 417 g/mol. The summed E-state index contributed by atoms with van der Waals surface area (Å²) in [7, 11) is 0. The molecule has 0 unspecified atom stereocenters. The molecule has 1 heterocycles. The van der Waals surface area contributed by atoms with E-state index in [1.54, 1.807) is 0 Å². The molecule has 6 nitrogen and oxygen atoms in total. The van der Waals surface area contributed by atoms with Crippen LogP contribution in [0.1, 0.15) is 35.8 Å². The van der Waals surface area contributed by atoms with E-state index in [1.807, 2.05) is 0 Å². The predicted molar refractivity (Wildman–Crippen MR) is 92.5 cm³/mol. The van der Waals surface area contributed by atoms with E-state index in [4.69, 9.17) is 0 Å². The molecular weight excluding hydrogens is 401 g/mol. The Labute approximate surface area is 162 Å². The Kier molecular flexibility index (Phi) is 6.40. The van der Waals surface area contributed by atoms with Gasteiger partial charge in [0.1, 0.15) is 11.6 Å². The number of carbonyl (C=O) groups is 2. The van der Waals surface area contributed by atoms with E-state index in [1.165, 1.54) is 44.3 Å². The van der Waals surface area contributed by atoms with Crippen LogP contribution >= 0.6 is 0 Å². The van der Waals surface area contributed by atoms with E-state index in [-0.39, 0.29) is 22.9 Å². The molecule has 0 aliphatic heterocycles. The van der Waals surface area contributed by atoms with Gasteiger partial charge in [0.15, 0.2) is 0 Å². The van der Waals surface area contributed by atoms with Gasteiger partial charge in [-0.1, -0.05) is 12.1 Å². The highest BCUT2D eigenvalue weighted by molar-refractivity contribution is 5.96. The van der Waals surface area contributed by atoms with Crippen molar-refractivity contribution in [3.63, 3.8) is 0 Å². The number of nitrogens with zero attached hydrogens (tertiary/aromatic N) is 1. The second kappa shape index (κ2) is 8.41. The highest BCUT2D eigenvalue weighted by atomic mass is 19.4. The van der Waals surface area contributed by atoms with Crippen molar-refractivity contribution >= 4 is 17.6 Å². The van der Waals surface area contributed by atoms with Crippen molar-refractivity contribution in [2.75, 3.05) is 5.32 Å². The molecule has 2 aromatic rings.